The third-order valence-corrected chi connectivity index (χ3v) is 2.69. The smallest absolute Gasteiger partial charge is 0.337 e. The highest BCUT2D eigenvalue weighted by atomic mass is 35.5. The maximum atomic E-state index is 13.6. The molecule has 5 heteroatoms. The fraction of sp³-hybridized carbons (Fsp3) is 0. The summed E-state index contributed by atoms with van der Waals surface area (Å²) in [5, 5.41) is 11.9. The van der Waals surface area contributed by atoms with Gasteiger partial charge in [-0.15, -0.1) is 0 Å². The second-order valence-electron chi connectivity index (χ2n) is 3.57. The number of benzene rings is 2. The minimum absolute atomic E-state index is 0.0526. The van der Waals surface area contributed by atoms with Gasteiger partial charge in [-0.2, -0.15) is 0 Å². The first-order chi connectivity index (χ1) is 8.59. The lowest BCUT2D eigenvalue weighted by Crippen LogP contribution is -2.03. The third kappa shape index (κ3) is 2.43. The summed E-state index contributed by atoms with van der Waals surface area (Å²) in [6.45, 7) is 0. The molecule has 0 aliphatic rings. The molecule has 0 aliphatic heterocycles. The first kappa shape index (κ1) is 12.4. The van der Waals surface area contributed by atoms with E-state index in [0.29, 0.717) is 0 Å². The minimum atomic E-state index is -1.09. The average Bonchev–Trinajstić information content (AvgIpc) is 2.34. The molecule has 0 amide bonds. The number of hydrogen-bond acceptors (Lipinski definition) is 2. The van der Waals surface area contributed by atoms with Crippen LogP contribution >= 0.6 is 11.6 Å². The van der Waals surface area contributed by atoms with Gasteiger partial charge in [-0.3, -0.25) is 0 Å². The van der Waals surface area contributed by atoms with Gasteiger partial charge in [-0.25, -0.2) is 9.18 Å². The number of hydrogen-bond donors (Lipinski definition) is 2. The summed E-state index contributed by atoms with van der Waals surface area (Å²) in [4.78, 5) is 11.0. The van der Waals surface area contributed by atoms with Crippen molar-refractivity contribution in [3.8, 4) is 0 Å². The number of anilines is 2. The molecule has 2 aromatic rings. The Labute approximate surface area is 108 Å². The molecule has 0 heterocycles. The van der Waals surface area contributed by atoms with Gasteiger partial charge in [0.25, 0.3) is 0 Å². The van der Waals surface area contributed by atoms with Crippen molar-refractivity contribution in [2.45, 2.75) is 0 Å². The van der Waals surface area contributed by atoms with E-state index in [1.807, 2.05) is 0 Å². The second kappa shape index (κ2) is 5.06. The Bertz CT molecular complexity index is 581. The molecule has 0 saturated heterocycles. The molecule has 0 radical (unpaired) electrons. The first-order valence-electron chi connectivity index (χ1n) is 5.13. The van der Waals surface area contributed by atoms with Crippen molar-refractivity contribution < 1.29 is 14.3 Å². The van der Waals surface area contributed by atoms with E-state index in [-0.39, 0.29) is 22.0 Å². The molecule has 2 aromatic carbocycles. The molecule has 0 aromatic heterocycles. The number of halogens is 2. The van der Waals surface area contributed by atoms with Gasteiger partial charge in [0.05, 0.1) is 22.0 Å². The Morgan fingerprint density at radius 1 is 1.17 bits per heavy atom. The number of carboxylic acid groups (broad SMARTS) is 1. The van der Waals surface area contributed by atoms with Crippen molar-refractivity contribution in [2.75, 3.05) is 5.32 Å². The summed E-state index contributed by atoms with van der Waals surface area (Å²) in [7, 11) is 0. The SMILES string of the molecule is O=C(O)c1ccccc1Nc1c(F)cccc1Cl. The molecule has 3 nitrogen and oxygen atoms in total. The predicted octanol–water partition coefficient (Wildman–Crippen LogP) is 3.92. The van der Waals surface area contributed by atoms with Crippen LogP contribution in [0, 0.1) is 5.82 Å². The fourth-order valence-electron chi connectivity index (χ4n) is 1.53. The van der Waals surface area contributed by atoms with Gasteiger partial charge < -0.3 is 10.4 Å². The number of rotatable bonds is 3. The van der Waals surface area contributed by atoms with E-state index >= 15 is 0 Å². The van der Waals surface area contributed by atoms with Crippen LogP contribution < -0.4 is 5.32 Å². The van der Waals surface area contributed by atoms with Crippen molar-refractivity contribution in [1.82, 2.24) is 0 Å². The zero-order chi connectivity index (χ0) is 13.1. The molecule has 92 valence electrons. The van der Waals surface area contributed by atoms with E-state index in [9.17, 15) is 9.18 Å². The number of aromatic carboxylic acids is 1. The van der Waals surface area contributed by atoms with Crippen LogP contribution in [0.3, 0.4) is 0 Å². The molecule has 2 N–H and O–H groups in total. The van der Waals surface area contributed by atoms with E-state index in [4.69, 9.17) is 16.7 Å². The number of carbonyl (C=O) groups is 1. The molecular weight excluding hydrogens is 257 g/mol. The highest BCUT2D eigenvalue weighted by Crippen LogP contribution is 2.29. The van der Waals surface area contributed by atoms with Crippen LogP contribution in [0.1, 0.15) is 10.4 Å². The minimum Gasteiger partial charge on any atom is -0.478 e. The first-order valence-corrected chi connectivity index (χ1v) is 5.51. The van der Waals surface area contributed by atoms with Crippen LogP contribution in [0.4, 0.5) is 15.8 Å². The molecule has 0 atom stereocenters. The quantitative estimate of drug-likeness (QED) is 0.884. The monoisotopic (exact) mass is 265 g/mol. The molecule has 0 aliphatic carbocycles. The summed E-state index contributed by atoms with van der Waals surface area (Å²) in [6.07, 6.45) is 0. The zero-order valence-corrected chi connectivity index (χ0v) is 9.91. The fourth-order valence-corrected chi connectivity index (χ4v) is 1.74. The third-order valence-electron chi connectivity index (χ3n) is 2.38. The van der Waals surface area contributed by atoms with Gasteiger partial charge in [0, 0.05) is 0 Å². The van der Waals surface area contributed by atoms with E-state index in [1.165, 1.54) is 24.3 Å². The maximum Gasteiger partial charge on any atom is 0.337 e. The van der Waals surface area contributed by atoms with Crippen LogP contribution in [0.15, 0.2) is 42.5 Å². The standard InChI is InChI=1S/C13H9ClFNO2/c14-9-5-3-6-10(15)12(9)16-11-7-2-1-4-8(11)13(17)18/h1-7,16H,(H,17,18). The maximum absolute atomic E-state index is 13.6. The molecule has 0 fully saturated rings. The van der Waals surface area contributed by atoms with Crippen LogP contribution in [-0.4, -0.2) is 11.1 Å². The van der Waals surface area contributed by atoms with Gasteiger partial charge >= 0.3 is 5.97 Å². The van der Waals surface area contributed by atoms with E-state index in [2.05, 4.69) is 5.32 Å². The van der Waals surface area contributed by atoms with Gasteiger partial charge in [-0.1, -0.05) is 29.8 Å². The highest BCUT2D eigenvalue weighted by Gasteiger charge is 2.12. The van der Waals surface area contributed by atoms with Crippen LogP contribution in [0.2, 0.25) is 5.02 Å². The highest BCUT2D eigenvalue weighted by molar-refractivity contribution is 6.33. The topological polar surface area (TPSA) is 49.3 Å². The number of para-hydroxylation sites is 2. The molecule has 0 spiro atoms. The Balaban J connectivity index is 2.43. The van der Waals surface area contributed by atoms with Gasteiger partial charge in [0.2, 0.25) is 0 Å². The van der Waals surface area contributed by atoms with Gasteiger partial charge in [0.15, 0.2) is 0 Å². The number of nitrogens with one attached hydrogen (secondary N) is 1. The lowest BCUT2D eigenvalue weighted by molar-refractivity contribution is 0.0698. The van der Waals surface area contributed by atoms with Crippen LogP contribution in [-0.2, 0) is 0 Å². The summed E-state index contributed by atoms with van der Waals surface area (Å²) in [6, 6.07) is 10.5. The molecule has 18 heavy (non-hydrogen) atoms. The summed E-state index contributed by atoms with van der Waals surface area (Å²) in [5.41, 5.74) is 0.404. The molecular formula is C13H9ClFNO2. The van der Waals surface area contributed by atoms with Crippen LogP contribution in [0.5, 0.6) is 0 Å². The van der Waals surface area contributed by atoms with Gasteiger partial charge in [0.1, 0.15) is 5.82 Å². The lowest BCUT2D eigenvalue weighted by atomic mass is 10.1. The van der Waals surface area contributed by atoms with Crippen molar-refractivity contribution in [1.29, 1.82) is 0 Å². The van der Waals surface area contributed by atoms with Crippen molar-refractivity contribution in [2.24, 2.45) is 0 Å². The summed E-state index contributed by atoms with van der Waals surface area (Å²) >= 11 is 5.86. The van der Waals surface area contributed by atoms with E-state index < -0.39 is 11.8 Å². The molecule has 2 rings (SSSR count). The Morgan fingerprint density at radius 2 is 1.89 bits per heavy atom. The Hall–Kier alpha value is -2.07. The predicted molar refractivity (Wildman–Crippen MR) is 68.1 cm³/mol. The van der Waals surface area contributed by atoms with Crippen molar-refractivity contribution in [3.63, 3.8) is 0 Å². The Kier molecular flexibility index (Phi) is 3.48. The van der Waals surface area contributed by atoms with Crippen molar-refractivity contribution >= 4 is 28.9 Å². The van der Waals surface area contributed by atoms with Crippen molar-refractivity contribution in [3.05, 3.63) is 58.9 Å². The normalized spacial score (nSPS) is 10.1. The Morgan fingerprint density at radius 3 is 2.56 bits per heavy atom. The average molecular weight is 266 g/mol. The zero-order valence-electron chi connectivity index (χ0n) is 9.15. The van der Waals surface area contributed by atoms with Crippen LogP contribution in [0.25, 0.3) is 0 Å². The molecule has 0 bridgehead atoms. The summed E-state index contributed by atoms with van der Waals surface area (Å²) < 4.78 is 13.6. The lowest BCUT2D eigenvalue weighted by Gasteiger charge is -2.11. The largest absolute Gasteiger partial charge is 0.478 e. The number of carboxylic acids is 1. The summed E-state index contributed by atoms with van der Waals surface area (Å²) in [5.74, 6) is -1.63. The van der Waals surface area contributed by atoms with E-state index in [1.54, 1.807) is 18.2 Å². The van der Waals surface area contributed by atoms with E-state index in [0.717, 1.165) is 0 Å². The second-order valence-corrected chi connectivity index (χ2v) is 3.98. The van der Waals surface area contributed by atoms with Gasteiger partial charge in [-0.05, 0) is 24.3 Å². The molecule has 0 unspecified atom stereocenters. The molecule has 0 saturated carbocycles.